The van der Waals surface area contributed by atoms with Crippen LogP contribution in [0.15, 0.2) is 57.8 Å². The molecular weight excluding hydrogens is 386 g/mol. The second-order valence-corrected chi connectivity index (χ2v) is 7.08. The van der Waals surface area contributed by atoms with Crippen LogP contribution in [-0.4, -0.2) is 28.5 Å². The molecule has 0 saturated heterocycles. The molecule has 0 spiro atoms. The van der Waals surface area contributed by atoms with E-state index in [1.165, 1.54) is 0 Å². The van der Waals surface area contributed by atoms with Crippen molar-refractivity contribution in [3.63, 3.8) is 0 Å². The van der Waals surface area contributed by atoms with Gasteiger partial charge in [-0.2, -0.15) is 0 Å². The first kappa shape index (κ1) is 19.3. The molecule has 6 nitrogen and oxygen atoms in total. The van der Waals surface area contributed by atoms with Crippen molar-refractivity contribution >= 4 is 35.3 Å². The van der Waals surface area contributed by atoms with Crippen LogP contribution in [0.25, 0.3) is 11.5 Å². The molecule has 0 fully saturated rings. The molecule has 3 rings (SSSR count). The van der Waals surface area contributed by atoms with Crippen LogP contribution in [0.4, 0.5) is 6.01 Å². The highest BCUT2D eigenvalue weighted by molar-refractivity contribution is 7.99. The Balaban J connectivity index is 1.49. The fraction of sp³-hybridized carbons (Fsp3) is 0.211. The highest BCUT2D eigenvalue weighted by Crippen LogP contribution is 2.23. The number of hydrogen-bond donors (Lipinski definition) is 1. The van der Waals surface area contributed by atoms with Gasteiger partial charge in [0.2, 0.25) is 11.8 Å². The number of rotatable bonds is 8. The lowest BCUT2D eigenvalue weighted by molar-refractivity contribution is -0.115. The lowest BCUT2D eigenvalue weighted by atomic mass is 10.2. The highest BCUT2D eigenvalue weighted by atomic mass is 35.5. The number of anilines is 1. The summed E-state index contributed by atoms with van der Waals surface area (Å²) in [5.74, 6) is 1.56. The number of nitrogens with zero attached hydrogens (tertiary/aromatic N) is 2. The van der Waals surface area contributed by atoms with Crippen LogP contribution in [0.5, 0.6) is 5.75 Å². The maximum atomic E-state index is 12.0. The number of ether oxygens (including phenoxy) is 1. The maximum absolute atomic E-state index is 12.0. The summed E-state index contributed by atoms with van der Waals surface area (Å²) < 4.78 is 10.9. The van der Waals surface area contributed by atoms with E-state index < -0.39 is 0 Å². The lowest BCUT2D eigenvalue weighted by Crippen LogP contribution is -2.12. The van der Waals surface area contributed by atoms with Crippen molar-refractivity contribution in [2.45, 2.75) is 18.2 Å². The molecule has 1 heterocycles. The Labute approximate surface area is 166 Å². The summed E-state index contributed by atoms with van der Waals surface area (Å²) in [6.45, 7) is 2.53. The van der Waals surface area contributed by atoms with Gasteiger partial charge in [0, 0.05) is 27.7 Å². The molecule has 0 bridgehead atoms. The molecule has 140 valence electrons. The van der Waals surface area contributed by atoms with E-state index in [2.05, 4.69) is 15.5 Å². The minimum atomic E-state index is -0.182. The number of hydrogen-bond acceptors (Lipinski definition) is 6. The quantitative estimate of drug-likeness (QED) is 0.538. The van der Waals surface area contributed by atoms with E-state index in [1.807, 2.05) is 55.5 Å². The molecule has 2 aromatic carbocycles. The molecule has 0 saturated carbocycles. The van der Waals surface area contributed by atoms with Crippen molar-refractivity contribution in [3.05, 3.63) is 53.6 Å². The van der Waals surface area contributed by atoms with Crippen LogP contribution in [0.3, 0.4) is 0 Å². The number of aromatic nitrogens is 2. The molecule has 0 atom stereocenters. The summed E-state index contributed by atoms with van der Waals surface area (Å²) in [6, 6.07) is 14.9. The number of carbonyl (C=O) groups is 1. The van der Waals surface area contributed by atoms with Crippen molar-refractivity contribution in [1.82, 2.24) is 10.2 Å². The minimum Gasteiger partial charge on any atom is -0.494 e. The molecule has 1 aromatic heterocycles. The second kappa shape index (κ2) is 9.43. The zero-order valence-corrected chi connectivity index (χ0v) is 16.2. The molecule has 1 amide bonds. The van der Waals surface area contributed by atoms with E-state index in [1.54, 1.807) is 11.8 Å². The molecule has 27 heavy (non-hydrogen) atoms. The van der Waals surface area contributed by atoms with E-state index >= 15 is 0 Å². The first-order valence-corrected chi connectivity index (χ1v) is 9.75. The first-order valence-electron chi connectivity index (χ1n) is 8.39. The van der Waals surface area contributed by atoms with Gasteiger partial charge in [-0.15, -0.1) is 16.9 Å². The Hall–Kier alpha value is -2.51. The molecule has 0 aliphatic heterocycles. The number of amides is 1. The molecule has 0 radical (unpaired) electrons. The fourth-order valence-corrected chi connectivity index (χ4v) is 3.20. The minimum absolute atomic E-state index is 0.0837. The molecule has 8 heteroatoms. The van der Waals surface area contributed by atoms with Gasteiger partial charge < -0.3 is 9.15 Å². The zero-order valence-electron chi connectivity index (χ0n) is 14.6. The fourth-order valence-electron chi connectivity index (χ4n) is 2.22. The third kappa shape index (κ3) is 5.74. The number of benzene rings is 2. The molecule has 0 unspecified atom stereocenters. The van der Waals surface area contributed by atoms with E-state index in [0.717, 1.165) is 16.2 Å². The van der Waals surface area contributed by atoms with Crippen molar-refractivity contribution in [1.29, 1.82) is 0 Å². The van der Waals surface area contributed by atoms with Gasteiger partial charge in [-0.1, -0.05) is 16.7 Å². The van der Waals surface area contributed by atoms with Gasteiger partial charge in [-0.05, 0) is 55.5 Å². The second-order valence-electron chi connectivity index (χ2n) is 5.47. The zero-order chi connectivity index (χ0) is 19.1. The van der Waals surface area contributed by atoms with Crippen LogP contribution in [0, 0.1) is 0 Å². The number of carbonyl (C=O) groups excluding carboxylic acids is 1. The van der Waals surface area contributed by atoms with Gasteiger partial charge in [0.1, 0.15) is 5.75 Å². The average molecular weight is 404 g/mol. The third-order valence-electron chi connectivity index (χ3n) is 3.50. The topological polar surface area (TPSA) is 77.3 Å². The Morgan fingerprint density at radius 2 is 1.89 bits per heavy atom. The average Bonchev–Trinajstić information content (AvgIpc) is 3.13. The number of nitrogens with one attached hydrogen (secondary N) is 1. The van der Waals surface area contributed by atoms with E-state index in [9.17, 15) is 4.79 Å². The highest BCUT2D eigenvalue weighted by Gasteiger charge is 2.11. The Morgan fingerprint density at radius 3 is 2.59 bits per heavy atom. The van der Waals surface area contributed by atoms with Crippen LogP contribution >= 0.6 is 23.4 Å². The summed E-state index contributed by atoms with van der Waals surface area (Å²) in [4.78, 5) is 13.1. The Kier molecular flexibility index (Phi) is 6.73. The van der Waals surface area contributed by atoms with Crippen molar-refractivity contribution in [2.24, 2.45) is 0 Å². The van der Waals surface area contributed by atoms with Gasteiger partial charge in [-0.25, -0.2) is 0 Å². The van der Waals surface area contributed by atoms with Crippen LogP contribution in [0.1, 0.15) is 13.3 Å². The van der Waals surface area contributed by atoms with Crippen LogP contribution in [0.2, 0.25) is 5.02 Å². The van der Waals surface area contributed by atoms with E-state index in [-0.39, 0.29) is 11.9 Å². The SMILES string of the molecule is CCOc1ccc(-c2nnc(NC(=O)CCSc3ccc(Cl)cc3)o2)cc1. The molecule has 3 aromatic rings. The van der Waals surface area contributed by atoms with Crippen LogP contribution in [-0.2, 0) is 4.79 Å². The number of halogens is 1. The van der Waals surface area contributed by atoms with Crippen molar-refractivity contribution in [2.75, 3.05) is 17.7 Å². The monoisotopic (exact) mass is 403 g/mol. The predicted octanol–water partition coefficient (Wildman–Crippen LogP) is 4.91. The summed E-state index contributed by atoms with van der Waals surface area (Å²) in [7, 11) is 0. The van der Waals surface area contributed by atoms with Crippen molar-refractivity contribution < 1.29 is 13.9 Å². The van der Waals surface area contributed by atoms with Crippen molar-refractivity contribution in [3.8, 4) is 17.2 Å². The molecule has 1 N–H and O–H groups in total. The summed E-state index contributed by atoms with van der Waals surface area (Å²) in [5.41, 5.74) is 0.754. The third-order valence-corrected chi connectivity index (χ3v) is 4.76. The van der Waals surface area contributed by atoms with E-state index in [4.69, 9.17) is 20.8 Å². The van der Waals surface area contributed by atoms with Crippen LogP contribution < -0.4 is 10.1 Å². The summed E-state index contributed by atoms with van der Waals surface area (Å²) in [6.07, 6.45) is 0.327. The summed E-state index contributed by atoms with van der Waals surface area (Å²) in [5, 5.41) is 11.1. The Bertz CT molecular complexity index is 882. The van der Waals surface area contributed by atoms with E-state index in [0.29, 0.717) is 29.7 Å². The largest absolute Gasteiger partial charge is 0.494 e. The molecule has 0 aliphatic rings. The number of thioether (sulfide) groups is 1. The van der Waals surface area contributed by atoms with Gasteiger partial charge in [0.15, 0.2) is 0 Å². The van der Waals surface area contributed by atoms with Gasteiger partial charge in [0.05, 0.1) is 6.61 Å². The Morgan fingerprint density at radius 1 is 1.15 bits per heavy atom. The molecule has 0 aliphatic carbocycles. The molecular formula is C19H18ClN3O3S. The van der Waals surface area contributed by atoms with Gasteiger partial charge >= 0.3 is 6.01 Å². The normalized spacial score (nSPS) is 10.6. The van der Waals surface area contributed by atoms with Gasteiger partial charge in [-0.3, -0.25) is 10.1 Å². The summed E-state index contributed by atoms with van der Waals surface area (Å²) >= 11 is 7.43. The predicted molar refractivity (Wildman–Crippen MR) is 106 cm³/mol. The lowest BCUT2D eigenvalue weighted by Gasteiger charge is -2.03. The van der Waals surface area contributed by atoms with Gasteiger partial charge in [0.25, 0.3) is 0 Å². The standard InChI is InChI=1S/C19H18ClN3O3S/c1-2-25-15-7-3-13(4-8-15)18-22-23-19(26-18)21-17(24)11-12-27-16-9-5-14(20)6-10-16/h3-10H,2,11-12H2,1H3,(H,21,23,24). The maximum Gasteiger partial charge on any atom is 0.322 e. The first-order chi connectivity index (χ1) is 13.1. The smallest absolute Gasteiger partial charge is 0.322 e.